The Labute approximate surface area is 126 Å². The highest BCUT2D eigenvalue weighted by molar-refractivity contribution is 5.65. The van der Waals surface area contributed by atoms with Crippen LogP contribution in [0.25, 0.3) is 0 Å². The molecule has 7 heteroatoms. The minimum absolute atomic E-state index is 0.0365. The summed E-state index contributed by atoms with van der Waals surface area (Å²) in [5, 5.41) is 24.8. The molecule has 1 unspecified atom stereocenters. The third-order valence-electron chi connectivity index (χ3n) is 3.12. The average Bonchev–Trinajstić information content (AvgIpc) is 2.48. The van der Waals surface area contributed by atoms with Gasteiger partial charge in [-0.05, 0) is 36.8 Å². The van der Waals surface area contributed by atoms with E-state index in [1.54, 1.807) is 19.1 Å². The van der Waals surface area contributed by atoms with Gasteiger partial charge in [0.05, 0.1) is 11.0 Å². The highest BCUT2D eigenvalue weighted by Crippen LogP contribution is 2.21. The van der Waals surface area contributed by atoms with E-state index in [0.29, 0.717) is 0 Å². The van der Waals surface area contributed by atoms with Crippen molar-refractivity contribution >= 4 is 23.2 Å². The van der Waals surface area contributed by atoms with Crippen molar-refractivity contribution in [2.75, 3.05) is 5.32 Å². The van der Waals surface area contributed by atoms with Crippen molar-refractivity contribution in [3.05, 3.63) is 64.2 Å². The summed E-state index contributed by atoms with van der Waals surface area (Å²) in [5.74, 6) is 0. The average molecular weight is 301 g/mol. The van der Waals surface area contributed by atoms with Crippen molar-refractivity contribution in [2.45, 2.75) is 13.0 Å². The van der Waals surface area contributed by atoms with Gasteiger partial charge in [-0.1, -0.05) is 12.1 Å². The molecular weight excluding hydrogens is 286 g/mol. The van der Waals surface area contributed by atoms with Crippen LogP contribution in [0.4, 0.5) is 21.9 Å². The molecule has 0 saturated heterocycles. The first-order valence-electron chi connectivity index (χ1n) is 6.56. The maximum absolute atomic E-state index is 10.6. The van der Waals surface area contributed by atoms with Gasteiger partial charge in [0, 0.05) is 23.5 Å². The first kappa shape index (κ1) is 15.3. The number of carbonyl (C=O) groups is 1. The second-order valence-electron chi connectivity index (χ2n) is 4.72. The minimum Gasteiger partial charge on any atom is -0.465 e. The fourth-order valence-corrected chi connectivity index (χ4v) is 1.96. The van der Waals surface area contributed by atoms with Crippen molar-refractivity contribution in [1.82, 2.24) is 5.32 Å². The Morgan fingerprint density at radius 1 is 1.09 bits per heavy atom. The Balaban J connectivity index is 2.04. The molecule has 0 aromatic heterocycles. The van der Waals surface area contributed by atoms with Crippen LogP contribution in [-0.4, -0.2) is 16.1 Å². The number of hydrogen-bond donors (Lipinski definition) is 3. The molecule has 1 amide bonds. The lowest BCUT2D eigenvalue weighted by Crippen LogP contribution is -2.24. The zero-order chi connectivity index (χ0) is 16.1. The molecular formula is C15H15N3O4. The van der Waals surface area contributed by atoms with Crippen LogP contribution in [0.2, 0.25) is 0 Å². The molecule has 114 valence electrons. The van der Waals surface area contributed by atoms with E-state index in [4.69, 9.17) is 5.11 Å². The number of carboxylic acid groups (broad SMARTS) is 1. The van der Waals surface area contributed by atoms with E-state index in [1.165, 1.54) is 12.1 Å². The first-order chi connectivity index (χ1) is 10.5. The second-order valence-corrected chi connectivity index (χ2v) is 4.72. The zero-order valence-corrected chi connectivity index (χ0v) is 11.8. The Morgan fingerprint density at radius 3 is 2.05 bits per heavy atom. The smallest absolute Gasteiger partial charge is 0.405 e. The highest BCUT2D eigenvalue weighted by atomic mass is 16.6. The largest absolute Gasteiger partial charge is 0.465 e. The summed E-state index contributed by atoms with van der Waals surface area (Å²) in [5.41, 5.74) is 2.42. The lowest BCUT2D eigenvalue weighted by atomic mass is 10.1. The molecule has 0 radical (unpaired) electrons. The summed E-state index contributed by atoms with van der Waals surface area (Å²) >= 11 is 0. The van der Waals surface area contributed by atoms with Crippen LogP contribution in [0.3, 0.4) is 0 Å². The number of nitrogens with zero attached hydrogens (tertiary/aromatic N) is 1. The van der Waals surface area contributed by atoms with E-state index in [0.717, 1.165) is 16.9 Å². The summed E-state index contributed by atoms with van der Waals surface area (Å²) in [7, 11) is 0. The molecule has 2 rings (SSSR count). The number of nitro groups is 1. The maximum atomic E-state index is 10.6. The van der Waals surface area contributed by atoms with Crippen LogP contribution in [0, 0.1) is 10.1 Å². The predicted octanol–water partition coefficient (Wildman–Crippen LogP) is 3.67. The van der Waals surface area contributed by atoms with Gasteiger partial charge in [-0.25, -0.2) is 4.79 Å². The number of benzene rings is 2. The lowest BCUT2D eigenvalue weighted by molar-refractivity contribution is -0.384. The first-order valence-corrected chi connectivity index (χ1v) is 6.56. The molecule has 0 spiro atoms. The van der Waals surface area contributed by atoms with E-state index in [-0.39, 0.29) is 11.7 Å². The number of hydrogen-bond acceptors (Lipinski definition) is 4. The zero-order valence-electron chi connectivity index (χ0n) is 11.8. The fraction of sp³-hybridized carbons (Fsp3) is 0.133. The number of nitro benzene ring substituents is 1. The van der Waals surface area contributed by atoms with Gasteiger partial charge in [0.2, 0.25) is 0 Å². The van der Waals surface area contributed by atoms with Crippen molar-refractivity contribution in [3.8, 4) is 0 Å². The summed E-state index contributed by atoms with van der Waals surface area (Å²) < 4.78 is 0. The van der Waals surface area contributed by atoms with E-state index < -0.39 is 11.0 Å². The number of amides is 1. The van der Waals surface area contributed by atoms with Crippen LogP contribution in [0.15, 0.2) is 48.5 Å². The third-order valence-corrected chi connectivity index (χ3v) is 3.12. The number of non-ortho nitro benzene ring substituents is 1. The van der Waals surface area contributed by atoms with Crippen LogP contribution < -0.4 is 10.6 Å². The van der Waals surface area contributed by atoms with E-state index in [9.17, 15) is 14.9 Å². The van der Waals surface area contributed by atoms with Gasteiger partial charge in [0.1, 0.15) is 0 Å². The normalized spacial score (nSPS) is 11.5. The predicted molar refractivity (Wildman–Crippen MR) is 82.4 cm³/mol. The van der Waals surface area contributed by atoms with Crippen LogP contribution in [0.5, 0.6) is 0 Å². The summed E-state index contributed by atoms with van der Waals surface area (Å²) in [6.45, 7) is 1.76. The van der Waals surface area contributed by atoms with Crippen LogP contribution >= 0.6 is 0 Å². The summed E-state index contributed by atoms with van der Waals surface area (Å²) in [4.78, 5) is 20.7. The molecule has 0 aliphatic heterocycles. The Kier molecular flexibility index (Phi) is 4.57. The molecule has 0 heterocycles. The topological polar surface area (TPSA) is 104 Å². The highest BCUT2D eigenvalue weighted by Gasteiger charge is 2.08. The number of nitrogens with one attached hydrogen (secondary N) is 2. The van der Waals surface area contributed by atoms with Gasteiger partial charge in [0.15, 0.2) is 0 Å². The molecule has 0 aliphatic rings. The van der Waals surface area contributed by atoms with Gasteiger partial charge in [0.25, 0.3) is 5.69 Å². The molecule has 0 aliphatic carbocycles. The van der Waals surface area contributed by atoms with Gasteiger partial charge in [-0.15, -0.1) is 0 Å². The third kappa shape index (κ3) is 3.95. The Hall–Kier alpha value is -3.09. The van der Waals surface area contributed by atoms with E-state index in [1.807, 2.05) is 24.3 Å². The molecule has 22 heavy (non-hydrogen) atoms. The van der Waals surface area contributed by atoms with Gasteiger partial charge in [-0.3, -0.25) is 10.1 Å². The molecule has 3 N–H and O–H groups in total. The van der Waals surface area contributed by atoms with Gasteiger partial charge in [-0.2, -0.15) is 0 Å². The van der Waals surface area contributed by atoms with Crippen LogP contribution in [0.1, 0.15) is 18.5 Å². The molecule has 0 bridgehead atoms. The lowest BCUT2D eigenvalue weighted by Gasteiger charge is -2.13. The van der Waals surface area contributed by atoms with Crippen molar-refractivity contribution in [1.29, 1.82) is 0 Å². The van der Waals surface area contributed by atoms with Crippen molar-refractivity contribution < 1.29 is 14.8 Å². The number of anilines is 2. The molecule has 1 atom stereocenters. The minimum atomic E-state index is -1.07. The van der Waals surface area contributed by atoms with E-state index >= 15 is 0 Å². The van der Waals surface area contributed by atoms with E-state index in [2.05, 4.69) is 10.6 Å². The second kappa shape index (κ2) is 6.57. The Morgan fingerprint density at radius 2 is 1.59 bits per heavy atom. The standard InChI is InChI=1S/C15H15N3O4/c1-10(16-15(19)20)11-2-4-12(5-3-11)17-13-6-8-14(9-7-13)18(21)22/h2-10,16-17H,1H3,(H,19,20). The number of rotatable bonds is 5. The molecule has 7 nitrogen and oxygen atoms in total. The van der Waals surface area contributed by atoms with Gasteiger partial charge >= 0.3 is 6.09 Å². The quantitative estimate of drug-likeness (QED) is 0.577. The Bertz CT molecular complexity index is 668. The van der Waals surface area contributed by atoms with Crippen molar-refractivity contribution in [2.24, 2.45) is 0 Å². The van der Waals surface area contributed by atoms with Gasteiger partial charge < -0.3 is 15.7 Å². The maximum Gasteiger partial charge on any atom is 0.405 e. The van der Waals surface area contributed by atoms with Crippen molar-refractivity contribution in [3.63, 3.8) is 0 Å². The summed E-state index contributed by atoms with van der Waals surface area (Å²) in [6.07, 6.45) is -1.07. The summed E-state index contributed by atoms with van der Waals surface area (Å²) in [6, 6.07) is 13.1. The molecule has 0 saturated carbocycles. The monoisotopic (exact) mass is 301 g/mol. The molecule has 2 aromatic carbocycles. The fourth-order valence-electron chi connectivity index (χ4n) is 1.96. The van der Waals surface area contributed by atoms with Crippen LogP contribution in [-0.2, 0) is 0 Å². The molecule has 0 fully saturated rings. The molecule has 2 aromatic rings. The SMILES string of the molecule is CC(NC(=O)O)c1ccc(Nc2ccc([N+](=O)[O-])cc2)cc1.